The highest BCUT2D eigenvalue weighted by molar-refractivity contribution is 5.67. The highest BCUT2D eigenvalue weighted by atomic mass is 16.1. The minimum Gasteiger partial charge on any atom is -0.303 e. The standard InChI is InChI=1S/C10H14N4O/c1-2-3-4-5-8-11-6-7-9(13-8)14-10(15)12-7/h6H,2-5H2,1H3,(H2,11,12,13,14,15). The van der Waals surface area contributed by atoms with E-state index in [4.69, 9.17) is 0 Å². The molecule has 0 amide bonds. The summed E-state index contributed by atoms with van der Waals surface area (Å²) in [7, 11) is 0. The van der Waals surface area contributed by atoms with Gasteiger partial charge in [-0.05, 0) is 6.42 Å². The first-order chi connectivity index (χ1) is 7.29. The van der Waals surface area contributed by atoms with Crippen LogP contribution in [-0.4, -0.2) is 19.9 Å². The first kappa shape index (κ1) is 9.89. The lowest BCUT2D eigenvalue weighted by Crippen LogP contribution is -1.99. The first-order valence-electron chi connectivity index (χ1n) is 5.23. The van der Waals surface area contributed by atoms with Gasteiger partial charge in [0.1, 0.15) is 11.3 Å². The van der Waals surface area contributed by atoms with Crippen LogP contribution in [0.5, 0.6) is 0 Å². The van der Waals surface area contributed by atoms with E-state index in [0.29, 0.717) is 11.2 Å². The second kappa shape index (κ2) is 4.25. The second-order valence-electron chi connectivity index (χ2n) is 3.58. The quantitative estimate of drug-likeness (QED) is 0.742. The summed E-state index contributed by atoms with van der Waals surface area (Å²) in [4.78, 5) is 24.7. The van der Waals surface area contributed by atoms with E-state index in [0.717, 1.165) is 18.7 Å². The molecule has 0 saturated heterocycles. The van der Waals surface area contributed by atoms with Crippen molar-refractivity contribution in [2.45, 2.75) is 32.6 Å². The Labute approximate surface area is 87.0 Å². The number of nitrogens with zero attached hydrogens (tertiary/aromatic N) is 2. The molecule has 2 rings (SSSR count). The number of fused-ring (bicyclic) bond motifs is 1. The van der Waals surface area contributed by atoms with E-state index in [1.807, 2.05) is 0 Å². The van der Waals surface area contributed by atoms with Crippen LogP contribution in [0.15, 0.2) is 11.0 Å². The van der Waals surface area contributed by atoms with Crippen molar-refractivity contribution in [3.8, 4) is 0 Å². The number of nitrogens with one attached hydrogen (secondary N) is 2. The normalized spacial score (nSPS) is 11.0. The third-order valence-corrected chi connectivity index (χ3v) is 2.32. The van der Waals surface area contributed by atoms with Crippen LogP contribution in [-0.2, 0) is 6.42 Å². The molecule has 2 N–H and O–H groups in total. The summed E-state index contributed by atoms with van der Waals surface area (Å²) in [5, 5.41) is 0. The number of hydrogen-bond acceptors (Lipinski definition) is 3. The molecule has 2 aromatic rings. The molecule has 2 aromatic heterocycles. The molecule has 0 fully saturated rings. The second-order valence-corrected chi connectivity index (χ2v) is 3.58. The molecule has 0 bridgehead atoms. The van der Waals surface area contributed by atoms with Gasteiger partial charge < -0.3 is 4.98 Å². The fourth-order valence-electron chi connectivity index (χ4n) is 1.52. The van der Waals surface area contributed by atoms with Crippen molar-refractivity contribution in [1.82, 2.24) is 19.9 Å². The third-order valence-electron chi connectivity index (χ3n) is 2.32. The van der Waals surface area contributed by atoms with Crippen molar-refractivity contribution in [2.75, 3.05) is 0 Å². The average molecular weight is 206 g/mol. The number of rotatable bonds is 4. The maximum Gasteiger partial charge on any atom is 0.325 e. The fraction of sp³-hybridized carbons (Fsp3) is 0.500. The predicted molar refractivity (Wildman–Crippen MR) is 57.7 cm³/mol. The molecule has 15 heavy (non-hydrogen) atoms. The minimum atomic E-state index is -0.231. The van der Waals surface area contributed by atoms with Gasteiger partial charge in [-0.3, -0.25) is 4.98 Å². The van der Waals surface area contributed by atoms with E-state index in [1.165, 1.54) is 12.8 Å². The zero-order valence-corrected chi connectivity index (χ0v) is 8.71. The molecule has 0 saturated carbocycles. The lowest BCUT2D eigenvalue weighted by molar-refractivity contribution is 0.695. The molecular weight excluding hydrogens is 192 g/mol. The zero-order chi connectivity index (χ0) is 10.7. The molecule has 0 atom stereocenters. The van der Waals surface area contributed by atoms with Crippen LogP contribution < -0.4 is 5.69 Å². The van der Waals surface area contributed by atoms with Crippen molar-refractivity contribution < 1.29 is 0 Å². The van der Waals surface area contributed by atoms with Gasteiger partial charge in [0.15, 0.2) is 5.65 Å². The van der Waals surface area contributed by atoms with Crippen molar-refractivity contribution >= 4 is 11.2 Å². The molecule has 0 aliphatic heterocycles. The summed E-state index contributed by atoms with van der Waals surface area (Å²) in [6.45, 7) is 2.16. The smallest absolute Gasteiger partial charge is 0.303 e. The largest absolute Gasteiger partial charge is 0.325 e. The number of hydrogen-bond donors (Lipinski definition) is 2. The van der Waals surface area contributed by atoms with E-state index in [-0.39, 0.29) is 5.69 Å². The van der Waals surface area contributed by atoms with Crippen LogP contribution in [0.1, 0.15) is 32.0 Å². The van der Waals surface area contributed by atoms with Gasteiger partial charge in [-0.1, -0.05) is 19.8 Å². The van der Waals surface area contributed by atoms with E-state index >= 15 is 0 Å². The molecule has 2 heterocycles. The van der Waals surface area contributed by atoms with E-state index in [2.05, 4.69) is 26.9 Å². The van der Waals surface area contributed by atoms with Gasteiger partial charge in [0.2, 0.25) is 0 Å². The highest BCUT2D eigenvalue weighted by Crippen LogP contribution is 2.05. The van der Waals surface area contributed by atoms with Crippen molar-refractivity contribution in [1.29, 1.82) is 0 Å². The summed E-state index contributed by atoms with van der Waals surface area (Å²) in [6, 6.07) is 0. The number of H-pyrrole nitrogens is 2. The molecule has 0 radical (unpaired) electrons. The number of aryl methyl sites for hydroxylation is 1. The maximum atomic E-state index is 11.0. The molecule has 5 nitrogen and oxygen atoms in total. The van der Waals surface area contributed by atoms with E-state index in [9.17, 15) is 4.79 Å². The molecule has 0 aliphatic rings. The third kappa shape index (κ3) is 2.23. The number of aromatic nitrogens is 4. The number of unbranched alkanes of at least 4 members (excludes halogenated alkanes) is 2. The monoisotopic (exact) mass is 206 g/mol. The van der Waals surface area contributed by atoms with Crippen LogP contribution in [0.2, 0.25) is 0 Å². The van der Waals surface area contributed by atoms with Crippen LogP contribution in [0.25, 0.3) is 11.2 Å². The van der Waals surface area contributed by atoms with Crippen LogP contribution in [0, 0.1) is 0 Å². The summed E-state index contributed by atoms with van der Waals surface area (Å²) >= 11 is 0. The van der Waals surface area contributed by atoms with Crippen molar-refractivity contribution in [3.05, 3.63) is 22.5 Å². The average Bonchev–Trinajstić information content (AvgIpc) is 2.57. The Morgan fingerprint density at radius 2 is 2.20 bits per heavy atom. The Balaban J connectivity index is 2.19. The Morgan fingerprint density at radius 3 is 3.00 bits per heavy atom. The van der Waals surface area contributed by atoms with Crippen molar-refractivity contribution in [3.63, 3.8) is 0 Å². The lowest BCUT2D eigenvalue weighted by atomic mass is 10.2. The van der Waals surface area contributed by atoms with Crippen molar-refractivity contribution in [2.24, 2.45) is 0 Å². The predicted octanol–water partition coefficient (Wildman–Crippen LogP) is 1.38. The lowest BCUT2D eigenvalue weighted by Gasteiger charge is -1.97. The van der Waals surface area contributed by atoms with E-state index < -0.39 is 0 Å². The Hall–Kier alpha value is -1.65. The SMILES string of the molecule is CCCCCc1ncc2[nH]c(=O)[nH]c2n1. The summed E-state index contributed by atoms with van der Waals surface area (Å²) in [6.07, 6.45) is 5.99. The number of imidazole rings is 1. The van der Waals surface area contributed by atoms with Gasteiger partial charge in [0.05, 0.1) is 6.20 Å². The van der Waals surface area contributed by atoms with Gasteiger partial charge in [0, 0.05) is 6.42 Å². The molecule has 80 valence electrons. The summed E-state index contributed by atoms with van der Waals surface area (Å²) in [5.74, 6) is 0.797. The highest BCUT2D eigenvalue weighted by Gasteiger charge is 2.02. The fourth-order valence-corrected chi connectivity index (χ4v) is 1.52. The van der Waals surface area contributed by atoms with Gasteiger partial charge in [-0.2, -0.15) is 0 Å². The Kier molecular flexibility index (Phi) is 2.80. The van der Waals surface area contributed by atoms with Gasteiger partial charge >= 0.3 is 5.69 Å². The topological polar surface area (TPSA) is 74.4 Å². The van der Waals surface area contributed by atoms with Gasteiger partial charge in [-0.15, -0.1) is 0 Å². The summed E-state index contributed by atoms with van der Waals surface area (Å²) in [5.41, 5.74) is 1.03. The maximum absolute atomic E-state index is 11.0. The minimum absolute atomic E-state index is 0.231. The van der Waals surface area contributed by atoms with Gasteiger partial charge in [0.25, 0.3) is 0 Å². The van der Waals surface area contributed by atoms with Crippen LogP contribution in [0.4, 0.5) is 0 Å². The van der Waals surface area contributed by atoms with Gasteiger partial charge in [-0.25, -0.2) is 14.8 Å². The molecule has 5 heteroatoms. The van der Waals surface area contributed by atoms with Crippen LogP contribution >= 0.6 is 0 Å². The molecule has 0 aliphatic carbocycles. The summed E-state index contributed by atoms with van der Waals surface area (Å²) < 4.78 is 0. The van der Waals surface area contributed by atoms with Crippen LogP contribution in [0.3, 0.4) is 0 Å². The molecule has 0 spiro atoms. The first-order valence-corrected chi connectivity index (χ1v) is 5.23. The zero-order valence-electron chi connectivity index (χ0n) is 8.71. The molecular formula is C10H14N4O. The molecule has 0 unspecified atom stereocenters. The Bertz CT molecular complexity index is 499. The number of aromatic amines is 2. The molecule has 0 aromatic carbocycles. The Morgan fingerprint density at radius 1 is 1.33 bits per heavy atom. The van der Waals surface area contributed by atoms with E-state index in [1.54, 1.807) is 6.20 Å².